The maximum absolute atomic E-state index is 11.7. The fraction of sp³-hybridized carbons (Fsp3) is 0.154. The van der Waals surface area contributed by atoms with Gasteiger partial charge in [-0.1, -0.05) is 6.07 Å². The normalized spacial score (nSPS) is 10.1. The van der Waals surface area contributed by atoms with Crippen molar-refractivity contribution in [2.45, 2.75) is 13.1 Å². The van der Waals surface area contributed by atoms with E-state index in [1.807, 2.05) is 11.4 Å². The Morgan fingerprint density at radius 1 is 1.24 bits per heavy atom. The highest BCUT2D eigenvalue weighted by atomic mass is 79.9. The van der Waals surface area contributed by atoms with Gasteiger partial charge in [0, 0.05) is 22.1 Å². The van der Waals surface area contributed by atoms with E-state index in [1.54, 1.807) is 17.4 Å². The van der Waals surface area contributed by atoms with Gasteiger partial charge >= 0.3 is 12.0 Å². The highest BCUT2D eigenvalue weighted by Gasteiger charge is 2.06. The van der Waals surface area contributed by atoms with Gasteiger partial charge in [0.25, 0.3) is 0 Å². The molecule has 0 atom stereocenters. The maximum atomic E-state index is 11.7. The molecule has 2 aromatic heterocycles. The van der Waals surface area contributed by atoms with Gasteiger partial charge in [-0.25, -0.2) is 14.6 Å². The second-order valence-electron chi connectivity index (χ2n) is 4.08. The van der Waals surface area contributed by atoms with Crippen LogP contribution in [0.1, 0.15) is 20.9 Å². The first kappa shape index (κ1) is 15.5. The van der Waals surface area contributed by atoms with Crippen LogP contribution in [0, 0.1) is 0 Å². The molecular weight excluding hydrogens is 358 g/mol. The molecule has 0 aliphatic heterocycles. The fourth-order valence-corrected chi connectivity index (χ4v) is 2.94. The van der Waals surface area contributed by atoms with Gasteiger partial charge in [-0.3, -0.25) is 0 Å². The molecule has 2 heterocycles. The molecule has 0 aliphatic carbocycles. The van der Waals surface area contributed by atoms with E-state index in [0.717, 1.165) is 14.9 Å². The van der Waals surface area contributed by atoms with E-state index in [1.165, 1.54) is 12.3 Å². The summed E-state index contributed by atoms with van der Waals surface area (Å²) >= 11 is 4.95. The molecule has 21 heavy (non-hydrogen) atoms. The summed E-state index contributed by atoms with van der Waals surface area (Å²) in [5, 5.41) is 16.1. The molecule has 0 bridgehead atoms. The third-order valence-electron chi connectivity index (χ3n) is 2.60. The van der Waals surface area contributed by atoms with Crippen LogP contribution in [0.3, 0.4) is 0 Å². The number of amides is 2. The van der Waals surface area contributed by atoms with E-state index >= 15 is 0 Å². The Balaban J connectivity index is 1.78. The number of carboxylic acid groups (broad SMARTS) is 1. The van der Waals surface area contributed by atoms with Gasteiger partial charge in [0.05, 0.1) is 6.54 Å². The average Bonchev–Trinajstić information content (AvgIpc) is 2.88. The van der Waals surface area contributed by atoms with E-state index in [9.17, 15) is 9.59 Å². The summed E-state index contributed by atoms with van der Waals surface area (Å²) < 4.78 is 0.973. The number of aromatic nitrogens is 1. The second-order valence-corrected chi connectivity index (χ2v) is 5.94. The van der Waals surface area contributed by atoms with Crippen molar-refractivity contribution >= 4 is 39.3 Å². The van der Waals surface area contributed by atoms with Gasteiger partial charge in [-0.2, -0.15) is 0 Å². The van der Waals surface area contributed by atoms with E-state index < -0.39 is 5.97 Å². The van der Waals surface area contributed by atoms with Gasteiger partial charge in [0.1, 0.15) is 5.69 Å². The van der Waals surface area contributed by atoms with E-state index in [4.69, 9.17) is 5.11 Å². The SMILES string of the molecule is O=C(NCc1ccc(C(=O)O)nc1)NCc1sccc1Br. The molecule has 2 rings (SSSR count). The minimum atomic E-state index is -1.08. The van der Waals surface area contributed by atoms with Gasteiger partial charge < -0.3 is 15.7 Å². The molecule has 8 heteroatoms. The predicted molar refractivity (Wildman–Crippen MR) is 82.3 cm³/mol. The Hall–Kier alpha value is -1.93. The van der Waals surface area contributed by atoms with Crippen LogP contribution in [0.2, 0.25) is 0 Å². The van der Waals surface area contributed by atoms with Crippen LogP contribution in [0.5, 0.6) is 0 Å². The molecule has 0 aromatic carbocycles. The molecule has 0 aliphatic rings. The van der Waals surface area contributed by atoms with Crippen LogP contribution in [-0.2, 0) is 13.1 Å². The number of carboxylic acids is 1. The summed E-state index contributed by atoms with van der Waals surface area (Å²) in [6.07, 6.45) is 1.43. The summed E-state index contributed by atoms with van der Waals surface area (Å²) in [6.45, 7) is 0.727. The number of nitrogens with one attached hydrogen (secondary N) is 2. The van der Waals surface area contributed by atoms with Crippen molar-refractivity contribution in [3.8, 4) is 0 Å². The number of thiophene rings is 1. The smallest absolute Gasteiger partial charge is 0.354 e. The molecule has 0 fully saturated rings. The average molecular weight is 370 g/mol. The van der Waals surface area contributed by atoms with Crippen LogP contribution in [0.4, 0.5) is 4.79 Å². The number of aromatic carboxylic acids is 1. The lowest BCUT2D eigenvalue weighted by Gasteiger charge is -2.07. The Morgan fingerprint density at radius 3 is 2.57 bits per heavy atom. The van der Waals surface area contributed by atoms with E-state index in [0.29, 0.717) is 6.54 Å². The summed E-state index contributed by atoms with van der Waals surface area (Å²) in [4.78, 5) is 27.1. The third-order valence-corrected chi connectivity index (χ3v) is 4.52. The molecule has 0 radical (unpaired) electrons. The number of pyridine rings is 1. The number of urea groups is 1. The number of rotatable bonds is 5. The number of nitrogens with zero attached hydrogens (tertiary/aromatic N) is 1. The standard InChI is InChI=1S/C13H12BrN3O3S/c14-9-3-4-21-11(9)7-17-13(20)16-6-8-1-2-10(12(18)19)15-5-8/h1-5H,6-7H2,(H,18,19)(H2,16,17,20). The van der Waals surface area contributed by atoms with Crippen LogP contribution in [-0.4, -0.2) is 22.1 Å². The third kappa shape index (κ3) is 4.54. The van der Waals surface area contributed by atoms with Crippen LogP contribution < -0.4 is 10.6 Å². The molecule has 0 saturated carbocycles. The van der Waals surface area contributed by atoms with Gasteiger partial charge in [-0.15, -0.1) is 11.3 Å². The van der Waals surface area contributed by atoms with Crippen molar-refractivity contribution in [2.24, 2.45) is 0 Å². The molecular formula is C13H12BrN3O3S. The minimum absolute atomic E-state index is 0.0225. The summed E-state index contributed by atoms with van der Waals surface area (Å²) in [6, 6.07) is 4.65. The molecule has 6 nitrogen and oxygen atoms in total. The summed E-state index contributed by atoms with van der Waals surface area (Å²) in [7, 11) is 0. The van der Waals surface area contributed by atoms with Crippen molar-refractivity contribution in [1.29, 1.82) is 0 Å². The van der Waals surface area contributed by atoms with Crippen molar-refractivity contribution < 1.29 is 14.7 Å². The zero-order valence-electron chi connectivity index (χ0n) is 10.8. The molecule has 110 valence electrons. The first-order valence-electron chi connectivity index (χ1n) is 5.98. The largest absolute Gasteiger partial charge is 0.477 e. The first-order valence-corrected chi connectivity index (χ1v) is 7.65. The van der Waals surface area contributed by atoms with Crippen LogP contribution in [0.25, 0.3) is 0 Å². The lowest BCUT2D eigenvalue weighted by molar-refractivity contribution is 0.0690. The van der Waals surface area contributed by atoms with Crippen molar-refractivity contribution in [1.82, 2.24) is 15.6 Å². The molecule has 0 saturated heterocycles. The maximum Gasteiger partial charge on any atom is 0.354 e. The van der Waals surface area contributed by atoms with Crippen molar-refractivity contribution in [3.63, 3.8) is 0 Å². The predicted octanol–water partition coefficient (Wildman–Crippen LogP) is 2.60. The molecule has 2 amide bonds. The number of hydrogen-bond acceptors (Lipinski definition) is 4. The Bertz CT molecular complexity index is 642. The quantitative estimate of drug-likeness (QED) is 0.755. The monoisotopic (exact) mass is 369 g/mol. The lowest BCUT2D eigenvalue weighted by atomic mass is 10.2. The first-order chi connectivity index (χ1) is 10.1. The fourth-order valence-electron chi connectivity index (χ4n) is 1.51. The van der Waals surface area contributed by atoms with Gasteiger partial charge in [0.15, 0.2) is 0 Å². The number of carbonyl (C=O) groups is 2. The van der Waals surface area contributed by atoms with Gasteiger partial charge in [0.2, 0.25) is 0 Å². The zero-order valence-corrected chi connectivity index (χ0v) is 13.2. The molecule has 0 spiro atoms. The van der Waals surface area contributed by atoms with E-state index in [-0.39, 0.29) is 18.3 Å². The summed E-state index contributed by atoms with van der Waals surface area (Å²) in [5.41, 5.74) is 0.707. The molecule has 2 aromatic rings. The second kappa shape index (κ2) is 7.19. The van der Waals surface area contributed by atoms with Crippen molar-refractivity contribution in [2.75, 3.05) is 0 Å². The number of halogens is 1. The topological polar surface area (TPSA) is 91.3 Å². The minimum Gasteiger partial charge on any atom is -0.477 e. The van der Waals surface area contributed by atoms with Crippen LogP contribution in [0.15, 0.2) is 34.2 Å². The Kier molecular flexibility index (Phi) is 5.29. The molecule has 3 N–H and O–H groups in total. The zero-order chi connectivity index (χ0) is 15.2. The highest BCUT2D eigenvalue weighted by Crippen LogP contribution is 2.21. The molecule has 0 unspecified atom stereocenters. The lowest BCUT2D eigenvalue weighted by Crippen LogP contribution is -2.34. The number of carbonyl (C=O) groups excluding carboxylic acids is 1. The van der Waals surface area contributed by atoms with Crippen LogP contribution >= 0.6 is 27.3 Å². The number of hydrogen-bond donors (Lipinski definition) is 3. The Labute approximate surface area is 133 Å². The Morgan fingerprint density at radius 2 is 2.00 bits per heavy atom. The van der Waals surface area contributed by atoms with Gasteiger partial charge in [-0.05, 0) is 39.0 Å². The van der Waals surface area contributed by atoms with E-state index in [2.05, 4.69) is 31.5 Å². The van der Waals surface area contributed by atoms with Crippen molar-refractivity contribution in [3.05, 3.63) is 50.4 Å². The highest BCUT2D eigenvalue weighted by molar-refractivity contribution is 9.10. The summed E-state index contributed by atoms with van der Waals surface area (Å²) in [5.74, 6) is -1.08.